The normalized spacial score (nSPS) is 10.5. The summed E-state index contributed by atoms with van der Waals surface area (Å²) >= 11 is 8.46. The maximum atomic E-state index is 5.79. The molecule has 0 unspecified atom stereocenters. The van der Waals surface area contributed by atoms with Gasteiger partial charge in [0.2, 0.25) is 5.88 Å². The number of benzene rings is 1. The number of pyridine rings is 2. The van der Waals surface area contributed by atoms with Crippen molar-refractivity contribution in [3.05, 3.63) is 58.8 Å². The molecule has 2 N–H and O–H groups in total. The Balaban J connectivity index is 2.09. The molecule has 0 spiro atoms. The van der Waals surface area contributed by atoms with Crippen molar-refractivity contribution in [2.24, 2.45) is 5.73 Å². The number of ether oxygens (including phenoxy) is 1. The second-order valence-electron chi connectivity index (χ2n) is 4.33. The van der Waals surface area contributed by atoms with Gasteiger partial charge in [-0.15, -0.1) is 0 Å². The lowest BCUT2D eigenvalue weighted by molar-refractivity contribution is 0.462. The molecule has 0 aliphatic heterocycles. The number of aromatic nitrogens is 2. The van der Waals surface area contributed by atoms with Gasteiger partial charge >= 0.3 is 0 Å². The first-order chi connectivity index (χ1) is 10.1. The number of hydrogen-bond acceptors (Lipinski definition) is 4. The number of thiocarbonyl (C=S) groups is 1. The van der Waals surface area contributed by atoms with Gasteiger partial charge in [0.1, 0.15) is 10.7 Å². The fourth-order valence-electron chi connectivity index (χ4n) is 1.98. The summed E-state index contributed by atoms with van der Waals surface area (Å²) in [5.74, 6) is 1.01. The molecule has 104 valence electrons. The van der Waals surface area contributed by atoms with Gasteiger partial charge in [0.25, 0.3) is 0 Å². The van der Waals surface area contributed by atoms with Crippen molar-refractivity contribution in [3.8, 4) is 11.6 Å². The first-order valence-corrected chi connectivity index (χ1v) is 7.31. The van der Waals surface area contributed by atoms with Crippen molar-refractivity contribution in [2.45, 2.75) is 0 Å². The molecule has 0 amide bonds. The lowest BCUT2D eigenvalue weighted by Gasteiger charge is -2.09. The van der Waals surface area contributed by atoms with Crippen molar-refractivity contribution in [1.29, 1.82) is 0 Å². The summed E-state index contributed by atoms with van der Waals surface area (Å²) in [6.45, 7) is 0. The Hall–Kier alpha value is -2.05. The van der Waals surface area contributed by atoms with Gasteiger partial charge < -0.3 is 10.5 Å². The van der Waals surface area contributed by atoms with Crippen molar-refractivity contribution >= 4 is 44.0 Å². The van der Waals surface area contributed by atoms with E-state index in [1.807, 2.05) is 30.3 Å². The van der Waals surface area contributed by atoms with Crippen molar-refractivity contribution < 1.29 is 4.74 Å². The predicted octanol–water partition coefficient (Wildman–Crippen LogP) is 3.82. The highest BCUT2D eigenvalue weighted by Gasteiger charge is 2.09. The van der Waals surface area contributed by atoms with E-state index < -0.39 is 0 Å². The quantitative estimate of drug-likeness (QED) is 0.720. The van der Waals surface area contributed by atoms with Crippen LogP contribution in [0, 0.1) is 0 Å². The third-order valence-electron chi connectivity index (χ3n) is 2.86. The second kappa shape index (κ2) is 5.75. The first-order valence-electron chi connectivity index (χ1n) is 6.11. The van der Waals surface area contributed by atoms with E-state index in [-0.39, 0.29) is 0 Å². The van der Waals surface area contributed by atoms with E-state index in [1.54, 1.807) is 18.5 Å². The molecule has 2 aromatic heterocycles. The van der Waals surface area contributed by atoms with Crippen LogP contribution in [-0.2, 0) is 0 Å². The Labute approximate surface area is 135 Å². The molecule has 0 bridgehead atoms. The summed E-state index contributed by atoms with van der Waals surface area (Å²) in [6.07, 6.45) is 3.29. The maximum Gasteiger partial charge on any atom is 0.220 e. The van der Waals surface area contributed by atoms with Crippen LogP contribution < -0.4 is 10.5 Å². The predicted molar refractivity (Wildman–Crippen MR) is 89.6 cm³/mol. The molecule has 2 heterocycles. The third-order valence-corrected chi connectivity index (χ3v) is 3.51. The van der Waals surface area contributed by atoms with E-state index in [0.29, 0.717) is 16.6 Å². The lowest BCUT2D eigenvalue weighted by Crippen LogP contribution is -2.10. The molecular weight excluding hydrogens is 350 g/mol. The number of para-hydroxylation sites is 1. The number of rotatable bonds is 3. The molecular formula is C15H10BrN3OS. The fraction of sp³-hybridized carbons (Fsp3) is 0. The zero-order chi connectivity index (χ0) is 14.8. The summed E-state index contributed by atoms with van der Waals surface area (Å²) in [6, 6.07) is 11.2. The van der Waals surface area contributed by atoms with Gasteiger partial charge in [0.15, 0.2) is 0 Å². The van der Waals surface area contributed by atoms with Crippen LogP contribution in [0.15, 0.2) is 53.3 Å². The Kier molecular flexibility index (Phi) is 3.81. The summed E-state index contributed by atoms with van der Waals surface area (Å²) in [4.78, 5) is 8.82. The van der Waals surface area contributed by atoms with Crippen molar-refractivity contribution in [1.82, 2.24) is 9.97 Å². The van der Waals surface area contributed by atoms with E-state index in [4.69, 9.17) is 22.7 Å². The smallest absolute Gasteiger partial charge is 0.220 e. The highest BCUT2D eigenvalue weighted by Crippen LogP contribution is 2.26. The minimum absolute atomic E-state index is 0.311. The Bertz CT molecular complexity index is 838. The number of nitrogens with zero attached hydrogens (tertiary/aromatic N) is 2. The standard InChI is InChI=1S/C15H10BrN3OS/c16-9-5-10(8-18-7-9)20-14-6-12(15(17)21)11-3-1-2-4-13(11)19-14/h1-8H,(H2,17,21). The number of halogens is 1. The average Bonchev–Trinajstić information content (AvgIpc) is 2.46. The van der Waals surface area contributed by atoms with Crippen LogP contribution in [0.1, 0.15) is 5.56 Å². The van der Waals surface area contributed by atoms with Gasteiger partial charge in [0, 0.05) is 27.7 Å². The molecule has 1 aromatic carbocycles. The van der Waals surface area contributed by atoms with Crippen LogP contribution in [-0.4, -0.2) is 15.0 Å². The van der Waals surface area contributed by atoms with Crippen LogP contribution in [0.4, 0.5) is 0 Å². The largest absolute Gasteiger partial charge is 0.437 e. The minimum atomic E-state index is 0.311. The molecule has 0 fully saturated rings. The van der Waals surface area contributed by atoms with Crippen molar-refractivity contribution in [3.63, 3.8) is 0 Å². The zero-order valence-electron chi connectivity index (χ0n) is 10.8. The minimum Gasteiger partial charge on any atom is -0.437 e. The molecule has 4 nitrogen and oxygen atoms in total. The molecule has 0 saturated heterocycles. The summed E-state index contributed by atoms with van der Waals surface area (Å²) < 4.78 is 6.57. The van der Waals surface area contributed by atoms with E-state index in [2.05, 4.69) is 25.9 Å². The number of hydrogen-bond donors (Lipinski definition) is 1. The van der Waals surface area contributed by atoms with E-state index in [1.165, 1.54) is 0 Å². The molecule has 3 rings (SSSR count). The van der Waals surface area contributed by atoms with Crippen LogP contribution >= 0.6 is 28.1 Å². The maximum absolute atomic E-state index is 5.79. The van der Waals surface area contributed by atoms with Crippen LogP contribution in [0.3, 0.4) is 0 Å². The monoisotopic (exact) mass is 359 g/mol. The van der Waals surface area contributed by atoms with Gasteiger partial charge in [0.05, 0.1) is 11.7 Å². The molecule has 3 aromatic rings. The zero-order valence-corrected chi connectivity index (χ0v) is 13.2. The molecule has 6 heteroatoms. The van der Waals surface area contributed by atoms with Crippen LogP contribution in [0.5, 0.6) is 11.6 Å². The van der Waals surface area contributed by atoms with Gasteiger partial charge in [-0.2, -0.15) is 0 Å². The highest BCUT2D eigenvalue weighted by atomic mass is 79.9. The molecule has 0 saturated carbocycles. The molecule has 21 heavy (non-hydrogen) atoms. The van der Waals surface area contributed by atoms with E-state index in [9.17, 15) is 0 Å². The van der Waals surface area contributed by atoms with Gasteiger partial charge in [-0.1, -0.05) is 30.4 Å². The molecule has 0 aliphatic carbocycles. The SMILES string of the molecule is NC(=S)c1cc(Oc2cncc(Br)c2)nc2ccccc12. The Morgan fingerprint density at radius 1 is 1.19 bits per heavy atom. The summed E-state index contributed by atoms with van der Waals surface area (Å²) in [5, 5.41) is 0.907. The van der Waals surface area contributed by atoms with Crippen LogP contribution in [0.2, 0.25) is 0 Å². The molecule has 0 atom stereocenters. The number of nitrogens with two attached hydrogens (primary N) is 1. The number of fused-ring (bicyclic) bond motifs is 1. The first kappa shape index (κ1) is 13.9. The van der Waals surface area contributed by atoms with E-state index >= 15 is 0 Å². The topological polar surface area (TPSA) is 61.0 Å². The molecule has 0 radical (unpaired) electrons. The fourth-order valence-corrected chi connectivity index (χ4v) is 2.49. The Morgan fingerprint density at radius 3 is 2.76 bits per heavy atom. The second-order valence-corrected chi connectivity index (χ2v) is 5.69. The summed E-state index contributed by atoms with van der Waals surface area (Å²) in [7, 11) is 0. The van der Waals surface area contributed by atoms with E-state index in [0.717, 1.165) is 20.9 Å². The Morgan fingerprint density at radius 2 is 2.00 bits per heavy atom. The van der Waals surface area contributed by atoms with Crippen LogP contribution in [0.25, 0.3) is 10.9 Å². The van der Waals surface area contributed by atoms with Crippen molar-refractivity contribution in [2.75, 3.05) is 0 Å². The average molecular weight is 360 g/mol. The van der Waals surface area contributed by atoms with Gasteiger partial charge in [-0.3, -0.25) is 4.98 Å². The van der Waals surface area contributed by atoms with Gasteiger partial charge in [-0.05, 0) is 28.1 Å². The summed E-state index contributed by atoms with van der Waals surface area (Å²) in [5.41, 5.74) is 7.32. The molecule has 0 aliphatic rings. The lowest BCUT2D eigenvalue weighted by atomic mass is 10.1. The van der Waals surface area contributed by atoms with Gasteiger partial charge in [-0.25, -0.2) is 4.98 Å². The third kappa shape index (κ3) is 3.01. The highest BCUT2D eigenvalue weighted by molar-refractivity contribution is 9.10.